The van der Waals surface area contributed by atoms with E-state index in [2.05, 4.69) is 27.5 Å². The summed E-state index contributed by atoms with van der Waals surface area (Å²) in [6, 6.07) is 3.95. The Morgan fingerprint density at radius 1 is 1.34 bits per heavy atom. The summed E-state index contributed by atoms with van der Waals surface area (Å²) in [4.78, 5) is 42.7. The van der Waals surface area contributed by atoms with Gasteiger partial charge in [-0.3, -0.25) is 14.4 Å². The van der Waals surface area contributed by atoms with E-state index in [-0.39, 0.29) is 30.3 Å². The molecule has 5 atom stereocenters. The van der Waals surface area contributed by atoms with E-state index < -0.39 is 24.3 Å². The lowest BCUT2D eigenvalue weighted by atomic mass is 10.0. The number of likely N-dealkylation sites (tertiary alicyclic amines) is 1. The Kier molecular flexibility index (Phi) is 8.66. The lowest BCUT2D eigenvalue weighted by Gasteiger charge is -2.32. The molecule has 0 spiro atoms. The number of benzene rings is 1. The van der Waals surface area contributed by atoms with E-state index in [1.54, 1.807) is 31.9 Å². The summed E-state index contributed by atoms with van der Waals surface area (Å²) in [5, 5.41) is 19.8. The number of amides is 3. The van der Waals surface area contributed by atoms with E-state index >= 15 is 0 Å². The number of para-hydroxylation sites is 1. The molecule has 3 amide bonds. The van der Waals surface area contributed by atoms with E-state index in [9.17, 15) is 19.5 Å². The molecule has 35 heavy (non-hydrogen) atoms. The normalized spacial score (nSPS) is 20.3. The minimum atomic E-state index is -0.889. The molecule has 0 bridgehead atoms. The standard InChI is InChI=1S/C25H35N5O5/c1-6-21(32)28-20-9-7-8-19-16(12-27-23(19)20)10-17-11-18(31)13-30(17)25(34)22(15(3)35-5)29-24(33)14(2)26-4/h6-9,12,14-15,17-18,22,26-27,31H,1,10-11,13H2,2-5H3,(H,28,32)(H,29,33)/t14-,15+,17+,18-,22-/m0/s1. The van der Waals surface area contributed by atoms with Gasteiger partial charge in [0.25, 0.3) is 0 Å². The van der Waals surface area contributed by atoms with Crippen LogP contribution in [0.4, 0.5) is 5.69 Å². The zero-order valence-corrected chi connectivity index (χ0v) is 20.6. The number of hydrogen-bond acceptors (Lipinski definition) is 6. The van der Waals surface area contributed by atoms with E-state index in [0.29, 0.717) is 18.5 Å². The van der Waals surface area contributed by atoms with Crippen molar-refractivity contribution >= 4 is 34.3 Å². The minimum absolute atomic E-state index is 0.177. The van der Waals surface area contributed by atoms with Crippen LogP contribution in [0, 0.1) is 0 Å². The van der Waals surface area contributed by atoms with Crippen LogP contribution in [0.15, 0.2) is 37.1 Å². The molecule has 0 unspecified atom stereocenters. The first-order chi connectivity index (χ1) is 16.7. The van der Waals surface area contributed by atoms with Crippen molar-refractivity contribution in [3.05, 3.63) is 42.6 Å². The van der Waals surface area contributed by atoms with Gasteiger partial charge in [-0.05, 0) is 51.4 Å². The molecule has 0 radical (unpaired) electrons. The number of anilines is 1. The third-order valence-corrected chi connectivity index (χ3v) is 6.61. The number of carbonyl (C=O) groups is 3. The second-order valence-electron chi connectivity index (χ2n) is 8.91. The molecule has 1 aromatic heterocycles. The van der Waals surface area contributed by atoms with E-state index in [4.69, 9.17) is 4.74 Å². The molecule has 1 aromatic carbocycles. The van der Waals surface area contributed by atoms with Gasteiger partial charge in [0.15, 0.2) is 0 Å². The van der Waals surface area contributed by atoms with Crippen LogP contribution in [-0.2, 0) is 25.5 Å². The first-order valence-electron chi connectivity index (χ1n) is 11.7. The van der Waals surface area contributed by atoms with Crippen molar-refractivity contribution in [2.45, 2.75) is 57.0 Å². The Morgan fingerprint density at radius 2 is 2.09 bits per heavy atom. The van der Waals surface area contributed by atoms with Gasteiger partial charge in [0.2, 0.25) is 17.7 Å². The fourth-order valence-electron chi connectivity index (χ4n) is 4.38. The number of nitrogens with one attached hydrogen (secondary N) is 4. The Hall–Kier alpha value is -3.21. The van der Waals surface area contributed by atoms with Gasteiger partial charge in [-0.2, -0.15) is 0 Å². The highest BCUT2D eigenvalue weighted by molar-refractivity contribution is 6.05. The van der Waals surface area contributed by atoms with Crippen molar-refractivity contribution in [3.8, 4) is 0 Å². The first kappa shape index (κ1) is 26.4. The van der Waals surface area contributed by atoms with Gasteiger partial charge in [-0.25, -0.2) is 0 Å². The van der Waals surface area contributed by atoms with Gasteiger partial charge in [-0.1, -0.05) is 18.7 Å². The van der Waals surface area contributed by atoms with Crippen LogP contribution in [0.3, 0.4) is 0 Å². The number of H-pyrrole nitrogens is 1. The lowest BCUT2D eigenvalue weighted by molar-refractivity contribution is -0.141. The molecule has 2 heterocycles. The van der Waals surface area contributed by atoms with Crippen LogP contribution in [-0.4, -0.2) is 83.7 Å². The smallest absolute Gasteiger partial charge is 0.248 e. The maximum Gasteiger partial charge on any atom is 0.248 e. The summed E-state index contributed by atoms with van der Waals surface area (Å²) in [5.74, 6) is -0.912. The number of aliphatic hydroxyl groups excluding tert-OH is 1. The highest BCUT2D eigenvalue weighted by Gasteiger charge is 2.40. The van der Waals surface area contributed by atoms with Gasteiger partial charge >= 0.3 is 0 Å². The average Bonchev–Trinajstić information content (AvgIpc) is 3.44. The summed E-state index contributed by atoms with van der Waals surface area (Å²) < 4.78 is 5.40. The maximum atomic E-state index is 13.6. The molecule has 3 rings (SSSR count). The third-order valence-electron chi connectivity index (χ3n) is 6.61. The number of likely N-dealkylation sites (N-methyl/N-ethyl adjacent to an activating group) is 1. The molecule has 190 valence electrons. The lowest BCUT2D eigenvalue weighted by Crippen LogP contribution is -2.58. The van der Waals surface area contributed by atoms with Crippen LogP contribution < -0.4 is 16.0 Å². The van der Waals surface area contributed by atoms with Gasteiger partial charge in [0.1, 0.15) is 6.04 Å². The number of β-amino-alcohol motifs (C(OH)–C–C–N with tert-alkyl or cyclic N) is 1. The topological polar surface area (TPSA) is 136 Å². The van der Waals surface area contributed by atoms with Crippen LogP contribution >= 0.6 is 0 Å². The number of methoxy groups -OCH3 is 1. The number of aromatic amines is 1. The molecular formula is C25H35N5O5. The van der Waals surface area contributed by atoms with E-state index in [0.717, 1.165) is 16.5 Å². The molecular weight excluding hydrogens is 450 g/mol. The van der Waals surface area contributed by atoms with Gasteiger partial charge in [0, 0.05) is 31.3 Å². The van der Waals surface area contributed by atoms with Crippen molar-refractivity contribution in [2.24, 2.45) is 0 Å². The number of rotatable bonds is 10. The molecule has 5 N–H and O–H groups in total. The fourth-order valence-corrected chi connectivity index (χ4v) is 4.38. The average molecular weight is 486 g/mol. The predicted molar refractivity (Wildman–Crippen MR) is 134 cm³/mol. The van der Waals surface area contributed by atoms with Gasteiger partial charge in [0.05, 0.1) is 29.5 Å². The number of carbonyl (C=O) groups excluding carboxylic acids is 3. The minimum Gasteiger partial charge on any atom is -0.391 e. The quantitative estimate of drug-likeness (QED) is 0.318. The Balaban J connectivity index is 1.84. The second-order valence-corrected chi connectivity index (χ2v) is 8.91. The number of aliphatic hydroxyl groups is 1. The molecule has 2 aromatic rings. The molecule has 10 heteroatoms. The summed E-state index contributed by atoms with van der Waals surface area (Å²) in [7, 11) is 3.16. The Labute approximate surface area is 205 Å². The molecule has 10 nitrogen and oxygen atoms in total. The SMILES string of the molecule is C=CC(=O)Nc1cccc2c(C[C@@H]3C[C@H](O)CN3C(=O)[C@@H](NC(=O)[C@H](C)NC)[C@@H](C)OC)c[nH]c12. The van der Waals surface area contributed by atoms with Crippen LogP contribution in [0.5, 0.6) is 0 Å². The van der Waals surface area contributed by atoms with Crippen molar-refractivity contribution in [2.75, 3.05) is 26.0 Å². The van der Waals surface area contributed by atoms with Crippen molar-refractivity contribution < 1.29 is 24.2 Å². The number of ether oxygens (including phenoxy) is 1. The predicted octanol–water partition coefficient (Wildman–Crippen LogP) is 0.924. The molecule has 1 aliphatic heterocycles. The molecule has 0 aliphatic carbocycles. The highest BCUT2D eigenvalue weighted by atomic mass is 16.5. The van der Waals surface area contributed by atoms with Gasteiger partial charge < -0.3 is 35.7 Å². The van der Waals surface area contributed by atoms with Crippen molar-refractivity contribution in [3.63, 3.8) is 0 Å². The van der Waals surface area contributed by atoms with E-state index in [1.165, 1.54) is 13.2 Å². The molecule has 1 fully saturated rings. The summed E-state index contributed by atoms with van der Waals surface area (Å²) in [5.41, 5.74) is 2.36. The number of hydrogen-bond donors (Lipinski definition) is 5. The zero-order valence-electron chi connectivity index (χ0n) is 20.6. The molecule has 1 aliphatic rings. The third kappa shape index (κ3) is 5.90. The largest absolute Gasteiger partial charge is 0.391 e. The first-order valence-corrected chi connectivity index (χ1v) is 11.7. The summed E-state index contributed by atoms with van der Waals surface area (Å²) in [6.45, 7) is 7.10. The van der Waals surface area contributed by atoms with E-state index in [1.807, 2.05) is 18.3 Å². The Bertz CT molecular complexity index is 1080. The number of nitrogens with zero attached hydrogens (tertiary/aromatic N) is 1. The number of fused-ring (bicyclic) bond motifs is 1. The Morgan fingerprint density at radius 3 is 2.74 bits per heavy atom. The summed E-state index contributed by atoms with van der Waals surface area (Å²) >= 11 is 0. The monoisotopic (exact) mass is 485 g/mol. The van der Waals surface area contributed by atoms with Crippen LogP contribution in [0.25, 0.3) is 10.9 Å². The fraction of sp³-hybridized carbons (Fsp3) is 0.480. The van der Waals surface area contributed by atoms with Crippen LogP contribution in [0.2, 0.25) is 0 Å². The van der Waals surface area contributed by atoms with Gasteiger partial charge in [-0.15, -0.1) is 0 Å². The van der Waals surface area contributed by atoms with Crippen molar-refractivity contribution in [1.29, 1.82) is 0 Å². The maximum absolute atomic E-state index is 13.6. The second kappa shape index (κ2) is 11.5. The number of aromatic nitrogens is 1. The highest BCUT2D eigenvalue weighted by Crippen LogP contribution is 2.30. The van der Waals surface area contributed by atoms with Crippen molar-refractivity contribution in [1.82, 2.24) is 20.5 Å². The zero-order chi connectivity index (χ0) is 25.7. The summed E-state index contributed by atoms with van der Waals surface area (Å²) in [6.07, 6.45) is 2.75. The van der Waals surface area contributed by atoms with Crippen LogP contribution in [0.1, 0.15) is 25.8 Å². The molecule has 1 saturated heterocycles. The molecule has 0 saturated carbocycles.